The molecule has 1 rings (SSSR count). The van der Waals surface area contributed by atoms with E-state index in [0.717, 1.165) is 22.2 Å². The van der Waals surface area contributed by atoms with Crippen LogP contribution in [0.4, 0.5) is 5.69 Å². The molecule has 0 spiro atoms. The van der Waals surface area contributed by atoms with Gasteiger partial charge in [0.05, 0.1) is 11.4 Å². The van der Waals surface area contributed by atoms with Crippen LogP contribution < -0.4 is 5.73 Å². The molecule has 0 fully saturated rings. The van der Waals surface area contributed by atoms with Gasteiger partial charge < -0.3 is 11.2 Å². The van der Waals surface area contributed by atoms with E-state index >= 15 is 0 Å². The van der Waals surface area contributed by atoms with Gasteiger partial charge in [0.2, 0.25) is 0 Å². The van der Waals surface area contributed by atoms with E-state index in [1.807, 2.05) is 6.26 Å². The van der Waals surface area contributed by atoms with Gasteiger partial charge in [-0.3, -0.25) is 0 Å². The summed E-state index contributed by atoms with van der Waals surface area (Å²) < 4.78 is 0. The number of rotatable bonds is 3. The Balaban J connectivity index is 0.00000225. The summed E-state index contributed by atoms with van der Waals surface area (Å²) in [6.45, 7) is 8.40. The predicted molar refractivity (Wildman–Crippen MR) is 70.0 cm³/mol. The van der Waals surface area contributed by atoms with Crippen molar-refractivity contribution in [2.24, 2.45) is 0 Å². The number of hydrogen-bond donors (Lipinski definition) is 1. The highest BCUT2D eigenvalue weighted by molar-refractivity contribution is 7.98. The van der Waals surface area contributed by atoms with Crippen molar-refractivity contribution in [3.63, 3.8) is 0 Å². The Morgan fingerprint density at radius 2 is 1.62 bits per heavy atom. The van der Waals surface area contributed by atoms with Gasteiger partial charge in [-0.15, -0.1) is 11.8 Å². The van der Waals surface area contributed by atoms with E-state index in [0.29, 0.717) is 11.8 Å². The van der Waals surface area contributed by atoms with Crippen molar-refractivity contribution in [3.05, 3.63) is 11.5 Å². The molecular formula is C11H21N3OS. The molecule has 92 valence electrons. The Bertz CT molecular complexity index is 353. The Hall–Kier alpha value is -0.810. The SMILES string of the molecule is CSc1nc(C(C)C)nc(C(C)C)c1N.O. The lowest BCUT2D eigenvalue weighted by molar-refractivity contribution is 0.714. The molecule has 1 aromatic heterocycles. The van der Waals surface area contributed by atoms with Crippen molar-refractivity contribution >= 4 is 17.4 Å². The summed E-state index contributed by atoms with van der Waals surface area (Å²) in [6, 6.07) is 0. The van der Waals surface area contributed by atoms with Gasteiger partial charge in [-0.25, -0.2) is 9.97 Å². The molecule has 4 nitrogen and oxygen atoms in total. The average Bonchev–Trinajstić information content (AvgIpc) is 2.17. The molecule has 0 radical (unpaired) electrons. The molecule has 1 aromatic rings. The normalized spacial score (nSPS) is 10.7. The number of nitrogens with zero attached hydrogens (tertiary/aromatic N) is 2. The summed E-state index contributed by atoms with van der Waals surface area (Å²) in [5.74, 6) is 1.57. The second-order valence-corrected chi connectivity index (χ2v) is 4.99. The fraction of sp³-hybridized carbons (Fsp3) is 0.636. The maximum atomic E-state index is 6.02. The monoisotopic (exact) mass is 243 g/mol. The summed E-state index contributed by atoms with van der Waals surface area (Å²) in [5.41, 5.74) is 7.73. The van der Waals surface area contributed by atoms with E-state index in [1.54, 1.807) is 11.8 Å². The van der Waals surface area contributed by atoms with Gasteiger partial charge in [0.25, 0.3) is 0 Å². The van der Waals surface area contributed by atoms with E-state index in [2.05, 4.69) is 37.7 Å². The minimum Gasteiger partial charge on any atom is -0.412 e. The third-order valence-corrected chi connectivity index (χ3v) is 2.91. The van der Waals surface area contributed by atoms with Gasteiger partial charge in [-0.2, -0.15) is 0 Å². The minimum atomic E-state index is 0. The molecule has 0 saturated heterocycles. The van der Waals surface area contributed by atoms with Crippen LogP contribution >= 0.6 is 11.8 Å². The fourth-order valence-corrected chi connectivity index (χ4v) is 1.85. The molecule has 0 saturated carbocycles. The zero-order valence-corrected chi connectivity index (χ0v) is 11.4. The van der Waals surface area contributed by atoms with Crippen LogP contribution in [0.2, 0.25) is 0 Å². The quantitative estimate of drug-likeness (QED) is 0.651. The van der Waals surface area contributed by atoms with Crippen LogP contribution in [0.1, 0.15) is 51.0 Å². The fourth-order valence-electron chi connectivity index (χ4n) is 1.34. The number of hydrogen-bond acceptors (Lipinski definition) is 4. The minimum absolute atomic E-state index is 0. The smallest absolute Gasteiger partial charge is 0.132 e. The summed E-state index contributed by atoms with van der Waals surface area (Å²) in [5, 5.41) is 0.900. The van der Waals surface area contributed by atoms with Crippen molar-refractivity contribution in [2.45, 2.75) is 44.6 Å². The lowest BCUT2D eigenvalue weighted by Crippen LogP contribution is -2.09. The maximum absolute atomic E-state index is 6.02. The molecule has 0 aliphatic rings. The van der Waals surface area contributed by atoms with E-state index in [9.17, 15) is 0 Å². The first-order chi connectivity index (χ1) is 6.97. The van der Waals surface area contributed by atoms with Crippen LogP contribution in [0.3, 0.4) is 0 Å². The molecule has 4 N–H and O–H groups in total. The van der Waals surface area contributed by atoms with E-state index in [-0.39, 0.29) is 5.48 Å². The van der Waals surface area contributed by atoms with Crippen molar-refractivity contribution in [1.82, 2.24) is 9.97 Å². The summed E-state index contributed by atoms with van der Waals surface area (Å²) >= 11 is 1.58. The first kappa shape index (κ1) is 15.2. The molecule has 0 bridgehead atoms. The largest absolute Gasteiger partial charge is 0.412 e. The Morgan fingerprint density at radius 3 is 2.00 bits per heavy atom. The molecule has 0 atom stereocenters. The third kappa shape index (κ3) is 3.09. The molecule has 0 aliphatic heterocycles. The maximum Gasteiger partial charge on any atom is 0.132 e. The molecule has 5 heteroatoms. The van der Waals surface area contributed by atoms with Gasteiger partial charge >= 0.3 is 0 Å². The van der Waals surface area contributed by atoms with Crippen molar-refractivity contribution < 1.29 is 5.48 Å². The highest BCUT2D eigenvalue weighted by Gasteiger charge is 2.15. The van der Waals surface area contributed by atoms with Gasteiger partial charge in [0, 0.05) is 5.92 Å². The molecular weight excluding hydrogens is 222 g/mol. The second kappa shape index (κ2) is 6.06. The van der Waals surface area contributed by atoms with Crippen LogP contribution in [-0.4, -0.2) is 21.7 Å². The zero-order chi connectivity index (χ0) is 11.6. The number of thioether (sulfide) groups is 1. The van der Waals surface area contributed by atoms with Crippen LogP contribution in [0, 0.1) is 0 Å². The molecule has 1 heterocycles. The Labute approximate surface area is 101 Å². The van der Waals surface area contributed by atoms with Gasteiger partial charge in [-0.1, -0.05) is 27.7 Å². The average molecular weight is 243 g/mol. The number of nitrogens with two attached hydrogens (primary N) is 1. The summed E-state index contributed by atoms with van der Waals surface area (Å²) in [4.78, 5) is 8.99. The molecule has 0 amide bonds. The lowest BCUT2D eigenvalue weighted by Gasteiger charge is -2.14. The Kier molecular flexibility index (Phi) is 5.75. The van der Waals surface area contributed by atoms with Crippen molar-refractivity contribution in [3.8, 4) is 0 Å². The highest BCUT2D eigenvalue weighted by atomic mass is 32.2. The Morgan fingerprint density at radius 1 is 1.06 bits per heavy atom. The standard InChI is InChI=1S/C11H19N3S.H2O/c1-6(2)9-8(12)11(15-5)14-10(13-9)7(3)4;/h6-7H,12H2,1-5H3;1H2. The van der Waals surface area contributed by atoms with Gasteiger partial charge in [0.15, 0.2) is 0 Å². The van der Waals surface area contributed by atoms with Gasteiger partial charge in [0.1, 0.15) is 10.9 Å². The van der Waals surface area contributed by atoms with E-state index in [4.69, 9.17) is 5.73 Å². The first-order valence-electron chi connectivity index (χ1n) is 5.18. The second-order valence-electron chi connectivity index (χ2n) is 4.20. The molecule has 0 aromatic carbocycles. The van der Waals surface area contributed by atoms with Crippen LogP contribution in [0.25, 0.3) is 0 Å². The highest BCUT2D eigenvalue weighted by Crippen LogP contribution is 2.29. The summed E-state index contributed by atoms with van der Waals surface area (Å²) in [7, 11) is 0. The van der Waals surface area contributed by atoms with Crippen molar-refractivity contribution in [1.29, 1.82) is 0 Å². The molecule has 16 heavy (non-hydrogen) atoms. The molecule has 0 aliphatic carbocycles. The van der Waals surface area contributed by atoms with Gasteiger partial charge in [-0.05, 0) is 12.2 Å². The number of aromatic nitrogens is 2. The van der Waals surface area contributed by atoms with Crippen LogP contribution in [0.15, 0.2) is 5.03 Å². The first-order valence-corrected chi connectivity index (χ1v) is 6.41. The lowest BCUT2D eigenvalue weighted by atomic mass is 10.1. The van der Waals surface area contributed by atoms with Crippen LogP contribution in [0.5, 0.6) is 0 Å². The number of anilines is 1. The predicted octanol–water partition coefficient (Wildman–Crippen LogP) is 2.20. The van der Waals surface area contributed by atoms with E-state index in [1.165, 1.54) is 0 Å². The van der Waals surface area contributed by atoms with Crippen LogP contribution in [-0.2, 0) is 0 Å². The van der Waals surface area contributed by atoms with Crippen molar-refractivity contribution in [2.75, 3.05) is 12.0 Å². The topological polar surface area (TPSA) is 83.3 Å². The summed E-state index contributed by atoms with van der Waals surface area (Å²) in [6.07, 6.45) is 1.99. The zero-order valence-electron chi connectivity index (χ0n) is 10.5. The number of nitrogen functional groups attached to an aromatic ring is 1. The third-order valence-electron chi connectivity index (χ3n) is 2.21. The van der Waals surface area contributed by atoms with E-state index < -0.39 is 0 Å². The molecule has 0 unspecified atom stereocenters.